The Bertz CT molecular complexity index is 341. The van der Waals surface area contributed by atoms with Crippen molar-refractivity contribution in [1.29, 1.82) is 0 Å². The van der Waals surface area contributed by atoms with Gasteiger partial charge in [-0.25, -0.2) is 0 Å². The van der Waals surface area contributed by atoms with Crippen LogP contribution in [0.4, 0.5) is 0 Å². The monoisotopic (exact) mass is 288 g/mol. The first-order valence-electron chi connectivity index (χ1n) is 5.27. The van der Waals surface area contributed by atoms with Crippen molar-refractivity contribution in [2.45, 2.75) is 32.0 Å². The summed E-state index contributed by atoms with van der Waals surface area (Å²) in [5.41, 5.74) is 0.886. The van der Waals surface area contributed by atoms with Gasteiger partial charge in [-0.15, -0.1) is 0 Å². The van der Waals surface area contributed by atoms with E-state index in [1.54, 1.807) is 7.11 Å². The molecule has 0 fully saturated rings. The van der Waals surface area contributed by atoms with Crippen molar-refractivity contribution < 1.29 is 14.9 Å². The van der Waals surface area contributed by atoms with Crippen LogP contribution in [0, 0.1) is 0 Å². The zero-order chi connectivity index (χ0) is 12.1. The third-order valence-electron chi connectivity index (χ3n) is 2.53. The molecule has 0 heterocycles. The highest BCUT2D eigenvalue weighted by molar-refractivity contribution is 9.10. The summed E-state index contributed by atoms with van der Waals surface area (Å²) in [6, 6.07) is 5.61. The van der Waals surface area contributed by atoms with Crippen LogP contribution in [0.5, 0.6) is 5.75 Å². The molecule has 16 heavy (non-hydrogen) atoms. The van der Waals surface area contributed by atoms with Gasteiger partial charge in [-0.2, -0.15) is 0 Å². The number of methoxy groups -OCH3 is 1. The van der Waals surface area contributed by atoms with E-state index in [1.165, 1.54) is 0 Å². The topological polar surface area (TPSA) is 49.7 Å². The van der Waals surface area contributed by atoms with Crippen molar-refractivity contribution in [1.82, 2.24) is 0 Å². The standard InChI is InChI=1S/C12H17BrO3/c1-3-10(14)11(15)7-8-6-9(13)4-5-12(8)16-2/h4-6,10-11,14-15H,3,7H2,1-2H3. The van der Waals surface area contributed by atoms with E-state index in [1.807, 2.05) is 25.1 Å². The summed E-state index contributed by atoms with van der Waals surface area (Å²) in [5.74, 6) is 0.727. The molecular formula is C12H17BrO3. The Hall–Kier alpha value is -0.580. The lowest BCUT2D eigenvalue weighted by molar-refractivity contribution is 0.0179. The molecule has 4 heteroatoms. The predicted octanol–water partition coefficient (Wildman–Crippen LogP) is 2.13. The fourth-order valence-corrected chi connectivity index (χ4v) is 1.95. The molecule has 0 aliphatic heterocycles. The minimum atomic E-state index is -0.756. The van der Waals surface area contributed by atoms with E-state index in [0.29, 0.717) is 12.8 Å². The van der Waals surface area contributed by atoms with Crippen LogP contribution < -0.4 is 4.74 Å². The van der Waals surface area contributed by atoms with E-state index < -0.39 is 12.2 Å². The minimum absolute atomic E-state index is 0.387. The van der Waals surface area contributed by atoms with Crippen LogP contribution in [-0.2, 0) is 6.42 Å². The van der Waals surface area contributed by atoms with Crippen molar-refractivity contribution in [3.05, 3.63) is 28.2 Å². The number of hydrogen-bond acceptors (Lipinski definition) is 3. The van der Waals surface area contributed by atoms with E-state index in [9.17, 15) is 10.2 Å². The third kappa shape index (κ3) is 3.47. The van der Waals surface area contributed by atoms with Crippen LogP contribution in [0.3, 0.4) is 0 Å². The first-order chi connectivity index (χ1) is 7.58. The van der Waals surface area contributed by atoms with Crippen molar-refractivity contribution in [3.63, 3.8) is 0 Å². The molecule has 0 saturated heterocycles. The fraction of sp³-hybridized carbons (Fsp3) is 0.500. The number of aliphatic hydroxyl groups is 2. The Morgan fingerprint density at radius 1 is 1.31 bits per heavy atom. The summed E-state index contributed by atoms with van der Waals surface area (Å²) < 4.78 is 6.13. The van der Waals surface area contributed by atoms with Gasteiger partial charge in [-0.05, 0) is 30.2 Å². The summed E-state index contributed by atoms with van der Waals surface area (Å²) in [7, 11) is 1.59. The second kappa shape index (κ2) is 6.23. The van der Waals surface area contributed by atoms with Gasteiger partial charge in [0.15, 0.2) is 0 Å². The lowest BCUT2D eigenvalue weighted by Crippen LogP contribution is -2.27. The van der Waals surface area contributed by atoms with Crippen molar-refractivity contribution >= 4 is 15.9 Å². The average Bonchev–Trinajstić information content (AvgIpc) is 2.28. The molecular weight excluding hydrogens is 272 g/mol. The number of halogens is 1. The molecule has 0 radical (unpaired) electrons. The summed E-state index contributed by atoms with van der Waals surface area (Å²) >= 11 is 3.37. The van der Waals surface area contributed by atoms with E-state index in [-0.39, 0.29) is 0 Å². The first kappa shape index (κ1) is 13.5. The van der Waals surface area contributed by atoms with Gasteiger partial charge in [0.1, 0.15) is 5.75 Å². The summed E-state index contributed by atoms with van der Waals surface area (Å²) in [6.07, 6.45) is -0.522. The molecule has 0 aliphatic carbocycles. The Morgan fingerprint density at radius 2 is 2.00 bits per heavy atom. The molecule has 1 rings (SSSR count). The van der Waals surface area contributed by atoms with Crippen molar-refractivity contribution in [2.24, 2.45) is 0 Å². The van der Waals surface area contributed by atoms with Gasteiger partial charge in [0, 0.05) is 10.9 Å². The van der Waals surface area contributed by atoms with Gasteiger partial charge in [-0.1, -0.05) is 22.9 Å². The van der Waals surface area contributed by atoms with E-state index in [2.05, 4.69) is 15.9 Å². The molecule has 0 spiro atoms. The molecule has 1 aromatic rings. The van der Waals surface area contributed by atoms with Gasteiger partial charge in [0.25, 0.3) is 0 Å². The summed E-state index contributed by atoms with van der Waals surface area (Å²) in [6.45, 7) is 1.84. The largest absolute Gasteiger partial charge is 0.496 e. The maximum atomic E-state index is 9.76. The van der Waals surface area contributed by atoms with E-state index >= 15 is 0 Å². The smallest absolute Gasteiger partial charge is 0.122 e. The maximum absolute atomic E-state index is 9.76. The SMILES string of the molecule is CCC(O)C(O)Cc1cc(Br)ccc1OC. The van der Waals surface area contributed by atoms with Gasteiger partial charge >= 0.3 is 0 Å². The Morgan fingerprint density at radius 3 is 2.56 bits per heavy atom. The molecule has 90 valence electrons. The highest BCUT2D eigenvalue weighted by atomic mass is 79.9. The molecule has 0 aromatic heterocycles. The van der Waals surface area contributed by atoms with Gasteiger partial charge < -0.3 is 14.9 Å². The molecule has 3 nitrogen and oxygen atoms in total. The molecule has 2 N–H and O–H groups in total. The molecule has 0 saturated carbocycles. The Balaban J connectivity index is 2.82. The van der Waals surface area contributed by atoms with Crippen LogP contribution in [0.15, 0.2) is 22.7 Å². The Labute approximate surface area is 104 Å². The van der Waals surface area contributed by atoms with Crippen LogP contribution in [0.25, 0.3) is 0 Å². The lowest BCUT2D eigenvalue weighted by Gasteiger charge is -2.17. The predicted molar refractivity (Wildman–Crippen MR) is 66.7 cm³/mol. The first-order valence-corrected chi connectivity index (χ1v) is 6.06. The van der Waals surface area contributed by atoms with Crippen molar-refractivity contribution in [2.75, 3.05) is 7.11 Å². The van der Waals surface area contributed by atoms with Gasteiger partial charge in [0.2, 0.25) is 0 Å². The van der Waals surface area contributed by atoms with Crippen LogP contribution in [0.1, 0.15) is 18.9 Å². The van der Waals surface area contributed by atoms with E-state index in [4.69, 9.17) is 4.74 Å². The molecule has 2 atom stereocenters. The zero-order valence-electron chi connectivity index (χ0n) is 9.48. The zero-order valence-corrected chi connectivity index (χ0v) is 11.1. The lowest BCUT2D eigenvalue weighted by atomic mass is 10.0. The van der Waals surface area contributed by atoms with Crippen molar-refractivity contribution in [3.8, 4) is 5.75 Å². The number of aliphatic hydroxyl groups excluding tert-OH is 2. The third-order valence-corrected chi connectivity index (χ3v) is 3.03. The number of benzene rings is 1. The second-order valence-corrected chi connectivity index (χ2v) is 4.62. The van der Waals surface area contributed by atoms with E-state index in [0.717, 1.165) is 15.8 Å². The molecule has 0 amide bonds. The van der Waals surface area contributed by atoms with Crippen LogP contribution in [-0.4, -0.2) is 29.5 Å². The quantitative estimate of drug-likeness (QED) is 0.873. The second-order valence-electron chi connectivity index (χ2n) is 3.70. The summed E-state index contributed by atoms with van der Waals surface area (Å²) in [5, 5.41) is 19.3. The molecule has 0 bridgehead atoms. The van der Waals surface area contributed by atoms with Crippen LogP contribution in [0.2, 0.25) is 0 Å². The molecule has 2 unspecified atom stereocenters. The minimum Gasteiger partial charge on any atom is -0.496 e. The summed E-state index contributed by atoms with van der Waals surface area (Å²) in [4.78, 5) is 0. The highest BCUT2D eigenvalue weighted by Crippen LogP contribution is 2.24. The van der Waals surface area contributed by atoms with Crippen LogP contribution >= 0.6 is 15.9 Å². The van der Waals surface area contributed by atoms with Gasteiger partial charge in [0.05, 0.1) is 19.3 Å². The fourth-order valence-electron chi connectivity index (χ4n) is 1.54. The highest BCUT2D eigenvalue weighted by Gasteiger charge is 2.16. The number of ether oxygens (including phenoxy) is 1. The molecule has 1 aromatic carbocycles. The molecule has 0 aliphatic rings. The Kier molecular flexibility index (Phi) is 5.25. The number of rotatable bonds is 5. The van der Waals surface area contributed by atoms with Gasteiger partial charge in [-0.3, -0.25) is 0 Å². The number of hydrogen-bond donors (Lipinski definition) is 2. The average molecular weight is 289 g/mol. The maximum Gasteiger partial charge on any atom is 0.122 e. The normalized spacial score (nSPS) is 14.6.